The van der Waals surface area contributed by atoms with Gasteiger partial charge in [-0.3, -0.25) is 9.59 Å². The second-order valence-electron chi connectivity index (χ2n) is 3.95. The van der Waals surface area contributed by atoms with Crippen molar-refractivity contribution in [1.82, 2.24) is 0 Å². The minimum absolute atomic E-state index is 0.0602. The number of rotatable bonds is 6. The molecule has 0 amide bonds. The van der Waals surface area contributed by atoms with Gasteiger partial charge in [-0.05, 0) is 19.4 Å². The maximum Gasteiger partial charge on any atom is 0.306 e. The molecule has 0 aliphatic carbocycles. The lowest BCUT2D eigenvalue weighted by molar-refractivity contribution is -0.150. The summed E-state index contributed by atoms with van der Waals surface area (Å²) >= 11 is 0. The minimum Gasteiger partial charge on any atom is -0.466 e. The molecule has 4 heteroatoms. The summed E-state index contributed by atoms with van der Waals surface area (Å²) in [7, 11) is 0. The molecule has 4 nitrogen and oxygen atoms in total. The molecule has 0 aromatic heterocycles. The number of carbonyl (C=O) groups is 2. The van der Waals surface area contributed by atoms with E-state index in [1.54, 1.807) is 6.92 Å². The molecule has 0 atom stereocenters. The van der Waals surface area contributed by atoms with Gasteiger partial charge in [-0.2, -0.15) is 0 Å². The number of esters is 2. The van der Waals surface area contributed by atoms with Crippen molar-refractivity contribution in [3.05, 3.63) is 35.4 Å². The van der Waals surface area contributed by atoms with Crippen molar-refractivity contribution in [1.29, 1.82) is 0 Å². The van der Waals surface area contributed by atoms with E-state index in [2.05, 4.69) is 0 Å². The topological polar surface area (TPSA) is 52.6 Å². The average molecular weight is 250 g/mol. The number of hydrogen-bond donors (Lipinski definition) is 0. The zero-order chi connectivity index (χ0) is 13.4. The van der Waals surface area contributed by atoms with E-state index < -0.39 is 0 Å². The smallest absolute Gasteiger partial charge is 0.306 e. The molecular formula is C14H18O4. The summed E-state index contributed by atoms with van der Waals surface area (Å²) in [5.74, 6) is -0.756. The van der Waals surface area contributed by atoms with E-state index in [1.807, 2.05) is 31.2 Å². The van der Waals surface area contributed by atoms with E-state index in [4.69, 9.17) is 9.47 Å². The highest BCUT2D eigenvalue weighted by atomic mass is 16.5. The third-order valence-corrected chi connectivity index (χ3v) is 2.36. The summed E-state index contributed by atoms with van der Waals surface area (Å²) in [6.07, 6.45) is 0.130. The maximum atomic E-state index is 11.4. The highest BCUT2D eigenvalue weighted by Crippen LogP contribution is 2.06. The number of aryl methyl sites for hydroxylation is 1. The Morgan fingerprint density at radius 2 is 1.56 bits per heavy atom. The fourth-order valence-corrected chi connectivity index (χ4v) is 1.36. The summed E-state index contributed by atoms with van der Waals surface area (Å²) in [5, 5.41) is 0. The van der Waals surface area contributed by atoms with Crippen molar-refractivity contribution >= 4 is 11.9 Å². The fourth-order valence-electron chi connectivity index (χ4n) is 1.36. The van der Waals surface area contributed by atoms with Crippen molar-refractivity contribution in [2.75, 3.05) is 6.61 Å². The van der Waals surface area contributed by atoms with Gasteiger partial charge in [0, 0.05) is 0 Å². The molecule has 0 aliphatic rings. The summed E-state index contributed by atoms with van der Waals surface area (Å²) in [5.41, 5.74) is 2.09. The maximum absolute atomic E-state index is 11.4. The molecule has 0 radical (unpaired) electrons. The third kappa shape index (κ3) is 5.48. The summed E-state index contributed by atoms with van der Waals surface area (Å²) in [4.78, 5) is 22.4. The molecule has 0 unspecified atom stereocenters. The van der Waals surface area contributed by atoms with Crippen LogP contribution in [0.25, 0.3) is 0 Å². The van der Waals surface area contributed by atoms with Crippen LogP contribution in [-0.4, -0.2) is 18.5 Å². The van der Waals surface area contributed by atoms with Crippen LogP contribution < -0.4 is 0 Å². The van der Waals surface area contributed by atoms with Gasteiger partial charge in [-0.15, -0.1) is 0 Å². The molecule has 0 saturated carbocycles. The Kier molecular flexibility index (Phi) is 5.91. The Bertz CT molecular complexity index is 395. The second-order valence-corrected chi connectivity index (χ2v) is 3.95. The molecule has 98 valence electrons. The SMILES string of the molecule is CCOC(=O)CCC(=O)OCc1ccc(C)cc1. The Hall–Kier alpha value is -1.84. The van der Waals surface area contributed by atoms with Crippen molar-refractivity contribution in [2.24, 2.45) is 0 Å². The number of benzene rings is 1. The molecule has 0 N–H and O–H groups in total. The molecule has 0 saturated heterocycles. The number of carbonyl (C=O) groups excluding carboxylic acids is 2. The monoisotopic (exact) mass is 250 g/mol. The van der Waals surface area contributed by atoms with Gasteiger partial charge in [0.05, 0.1) is 19.4 Å². The van der Waals surface area contributed by atoms with Crippen LogP contribution in [0, 0.1) is 6.92 Å². The normalized spacial score (nSPS) is 9.89. The lowest BCUT2D eigenvalue weighted by atomic mass is 10.2. The summed E-state index contributed by atoms with van der Waals surface area (Å²) < 4.78 is 9.77. The van der Waals surface area contributed by atoms with E-state index in [0.717, 1.165) is 11.1 Å². The number of ether oxygens (including phenoxy) is 2. The number of hydrogen-bond acceptors (Lipinski definition) is 4. The highest BCUT2D eigenvalue weighted by Gasteiger charge is 2.08. The van der Waals surface area contributed by atoms with Gasteiger partial charge in [0.2, 0.25) is 0 Å². The van der Waals surface area contributed by atoms with Crippen molar-refractivity contribution in [3.8, 4) is 0 Å². The zero-order valence-corrected chi connectivity index (χ0v) is 10.8. The lowest BCUT2D eigenvalue weighted by Gasteiger charge is -2.05. The van der Waals surface area contributed by atoms with E-state index in [0.29, 0.717) is 6.61 Å². The third-order valence-electron chi connectivity index (χ3n) is 2.36. The predicted molar refractivity (Wildman–Crippen MR) is 66.8 cm³/mol. The average Bonchev–Trinajstić information content (AvgIpc) is 2.36. The van der Waals surface area contributed by atoms with Crippen LogP contribution in [-0.2, 0) is 25.7 Å². The lowest BCUT2D eigenvalue weighted by Crippen LogP contribution is -2.10. The molecular weight excluding hydrogens is 232 g/mol. The van der Waals surface area contributed by atoms with Crippen LogP contribution in [0.2, 0.25) is 0 Å². The molecule has 0 spiro atoms. The van der Waals surface area contributed by atoms with Gasteiger partial charge in [0.25, 0.3) is 0 Å². The molecule has 1 rings (SSSR count). The van der Waals surface area contributed by atoms with Gasteiger partial charge in [-0.1, -0.05) is 29.8 Å². The van der Waals surface area contributed by atoms with Crippen LogP contribution in [0.5, 0.6) is 0 Å². The minimum atomic E-state index is -0.386. The van der Waals surface area contributed by atoms with Crippen LogP contribution in [0.3, 0.4) is 0 Å². The molecule has 0 heterocycles. The van der Waals surface area contributed by atoms with Crippen LogP contribution in [0.15, 0.2) is 24.3 Å². The van der Waals surface area contributed by atoms with E-state index >= 15 is 0 Å². The first kappa shape index (κ1) is 14.2. The second kappa shape index (κ2) is 7.48. The first-order valence-corrected chi connectivity index (χ1v) is 5.98. The van der Waals surface area contributed by atoms with Crippen LogP contribution >= 0.6 is 0 Å². The Labute approximate surface area is 107 Å². The van der Waals surface area contributed by atoms with Gasteiger partial charge in [0.15, 0.2) is 0 Å². The van der Waals surface area contributed by atoms with Gasteiger partial charge in [-0.25, -0.2) is 0 Å². The Morgan fingerprint density at radius 3 is 2.11 bits per heavy atom. The largest absolute Gasteiger partial charge is 0.466 e. The molecule has 0 aliphatic heterocycles. The summed E-state index contributed by atoms with van der Waals surface area (Å²) in [6, 6.07) is 7.74. The standard InChI is InChI=1S/C14H18O4/c1-3-17-13(15)8-9-14(16)18-10-12-6-4-11(2)5-7-12/h4-7H,3,8-10H2,1-2H3. The zero-order valence-electron chi connectivity index (χ0n) is 10.8. The van der Waals surface area contributed by atoms with Crippen molar-refractivity contribution in [2.45, 2.75) is 33.3 Å². The van der Waals surface area contributed by atoms with Gasteiger partial charge >= 0.3 is 11.9 Å². The van der Waals surface area contributed by atoms with E-state index in [-0.39, 0.29) is 31.4 Å². The summed E-state index contributed by atoms with van der Waals surface area (Å²) in [6.45, 7) is 4.29. The fraction of sp³-hybridized carbons (Fsp3) is 0.429. The first-order valence-electron chi connectivity index (χ1n) is 5.98. The molecule has 1 aromatic carbocycles. The highest BCUT2D eigenvalue weighted by molar-refractivity contribution is 5.77. The molecule has 0 bridgehead atoms. The molecule has 18 heavy (non-hydrogen) atoms. The first-order chi connectivity index (χ1) is 8.61. The molecule has 0 fully saturated rings. The van der Waals surface area contributed by atoms with Gasteiger partial charge < -0.3 is 9.47 Å². The Morgan fingerprint density at radius 1 is 1.00 bits per heavy atom. The van der Waals surface area contributed by atoms with Crippen molar-refractivity contribution < 1.29 is 19.1 Å². The van der Waals surface area contributed by atoms with Crippen molar-refractivity contribution in [3.63, 3.8) is 0 Å². The van der Waals surface area contributed by atoms with E-state index in [9.17, 15) is 9.59 Å². The quantitative estimate of drug-likeness (QED) is 0.727. The van der Waals surface area contributed by atoms with E-state index in [1.165, 1.54) is 0 Å². The molecule has 1 aromatic rings. The van der Waals surface area contributed by atoms with Crippen LogP contribution in [0.4, 0.5) is 0 Å². The predicted octanol–water partition coefficient (Wildman–Crippen LogP) is 2.38. The van der Waals surface area contributed by atoms with Crippen LogP contribution in [0.1, 0.15) is 30.9 Å². The Balaban J connectivity index is 2.24. The van der Waals surface area contributed by atoms with Gasteiger partial charge in [0.1, 0.15) is 6.61 Å².